The molecule has 14 heavy (non-hydrogen) atoms. The molecule has 2 heteroatoms. The molecule has 2 N–H and O–H groups in total. The molecule has 0 bridgehead atoms. The van der Waals surface area contributed by atoms with Gasteiger partial charge in [-0.1, -0.05) is 18.6 Å². The summed E-state index contributed by atoms with van der Waals surface area (Å²) < 4.78 is 0. The van der Waals surface area contributed by atoms with E-state index in [9.17, 15) is 10.2 Å². The summed E-state index contributed by atoms with van der Waals surface area (Å²) in [7, 11) is 0. The van der Waals surface area contributed by atoms with E-state index in [1.807, 2.05) is 0 Å². The molecule has 2 nitrogen and oxygen atoms in total. The maximum absolute atomic E-state index is 9.60. The summed E-state index contributed by atoms with van der Waals surface area (Å²) in [6, 6.07) is 0. The highest BCUT2D eigenvalue weighted by Gasteiger charge is 2.85. The average Bonchev–Trinajstić information content (AvgIpc) is 2.51. The third-order valence-corrected chi connectivity index (χ3v) is 5.53. The van der Waals surface area contributed by atoms with Crippen LogP contribution in [0, 0.1) is 16.2 Å². The van der Waals surface area contributed by atoms with E-state index >= 15 is 0 Å². The molecule has 2 saturated carbocycles. The fourth-order valence-electron chi connectivity index (χ4n) is 4.87. The van der Waals surface area contributed by atoms with Gasteiger partial charge in [-0.05, 0) is 36.5 Å². The van der Waals surface area contributed by atoms with Crippen LogP contribution < -0.4 is 0 Å². The first-order chi connectivity index (χ1) is 6.79. The molecule has 0 aliphatic heterocycles. The van der Waals surface area contributed by atoms with E-state index in [0.717, 1.165) is 12.8 Å². The molecule has 2 atom stereocenters. The molecule has 3 aliphatic carbocycles. The Kier molecular flexibility index (Phi) is 1.54. The molecule has 0 radical (unpaired) electrons. The lowest BCUT2D eigenvalue weighted by Gasteiger charge is -2.21. The van der Waals surface area contributed by atoms with Crippen molar-refractivity contribution >= 4 is 0 Å². The van der Waals surface area contributed by atoms with Crippen molar-refractivity contribution in [2.75, 3.05) is 13.2 Å². The third-order valence-electron chi connectivity index (χ3n) is 5.53. The largest absolute Gasteiger partial charge is 0.396 e. The van der Waals surface area contributed by atoms with Gasteiger partial charge in [0.05, 0.1) is 13.2 Å². The minimum Gasteiger partial charge on any atom is -0.396 e. The molecule has 0 aromatic rings. The van der Waals surface area contributed by atoms with Gasteiger partial charge in [0.1, 0.15) is 0 Å². The van der Waals surface area contributed by atoms with Gasteiger partial charge in [-0.3, -0.25) is 0 Å². The molecule has 0 spiro atoms. The van der Waals surface area contributed by atoms with Crippen molar-refractivity contribution in [3.05, 3.63) is 12.2 Å². The fourth-order valence-corrected chi connectivity index (χ4v) is 4.87. The normalized spacial score (nSPS) is 47.3. The molecule has 3 rings (SSSR count). The van der Waals surface area contributed by atoms with Crippen LogP contribution in [0.4, 0.5) is 0 Å². The zero-order valence-corrected chi connectivity index (χ0v) is 8.50. The van der Waals surface area contributed by atoms with Crippen molar-refractivity contribution in [2.45, 2.75) is 32.1 Å². The fraction of sp³-hybridized carbons (Fsp3) is 0.833. The lowest BCUT2D eigenvalue weighted by atomic mass is 9.86. The van der Waals surface area contributed by atoms with Crippen LogP contribution in [0.2, 0.25) is 0 Å². The molecular formula is C12H18O2. The average molecular weight is 194 g/mol. The quantitative estimate of drug-likeness (QED) is 0.654. The first kappa shape index (κ1) is 8.93. The third kappa shape index (κ3) is 0.583. The van der Waals surface area contributed by atoms with Crippen molar-refractivity contribution in [1.29, 1.82) is 0 Å². The highest BCUT2D eigenvalue weighted by molar-refractivity contribution is 5.37. The number of aliphatic hydroxyl groups excluding tert-OH is 2. The molecular weight excluding hydrogens is 176 g/mol. The Morgan fingerprint density at radius 2 is 1.43 bits per heavy atom. The number of allylic oxidation sites excluding steroid dienone is 2. The summed E-state index contributed by atoms with van der Waals surface area (Å²) in [4.78, 5) is 0. The summed E-state index contributed by atoms with van der Waals surface area (Å²) in [5.41, 5.74) is 0.373. The van der Waals surface area contributed by atoms with E-state index in [1.54, 1.807) is 0 Å². The van der Waals surface area contributed by atoms with E-state index in [4.69, 9.17) is 0 Å². The smallest absolute Gasteiger partial charge is 0.0520 e. The summed E-state index contributed by atoms with van der Waals surface area (Å²) in [5, 5.41) is 19.2. The van der Waals surface area contributed by atoms with Crippen LogP contribution in [0.25, 0.3) is 0 Å². The molecule has 0 saturated heterocycles. The Bertz CT molecular complexity index is 269. The van der Waals surface area contributed by atoms with Gasteiger partial charge >= 0.3 is 0 Å². The van der Waals surface area contributed by atoms with Gasteiger partial charge in [-0.25, -0.2) is 0 Å². The zero-order valence-electron chi connectivity index (χ0n) is 8.50. The van der Waals surface area contributed by atoms with Gasteiger partial charge in [0.25, 0.3) is 0 Å². The molecule has 0 heterocycles. The van der Waals surface area contributed by atoms with E-state index in [2.05, 4.69) is 12.2 Å². The standard InChI is InChI=1S/C12H18O2/c13-8-12(9-14)10-4-1-2-5-11(10,12)7-3-6-10/h1-2,13-14H,3-9H2/t10-,11+. The van der Waals surface area contributed by atoms with Crippen LogP contribution in [0.3, 0.4) is 0 Å². The van der Waals surface area contributed by atoms with Gasteiger partial charge in [0.15, 0.2) is 0 Å². The molecule has 0 aromatic carbocycles. The van der Waals surface area contributed by atoms with Crippen molar-refractivity contribution in [2.24, 2.45) is 16.2 Å². The second-order valence-electron chi connectivity index (χ2n) is 5.30. The Hall–Kier alpha value is -0.340. The lowest BCUT2D eigenvalue weighted by Crippen LogP contribution is -2.25. The predicted octanol–water partition coefficient (Wildman–Crippen LogP) is 1.48. The molecule has 78 valence electrons. The van der Waals surface area contributed by atoms with E-state index < -0.39 is 0 Å². The zero-order chi connectivity index (χ0) is 9.86. The number of aliphatic hydroxyl groups is 2. The van der Waals surface area contributed by atoms with Crippen molar-refractivity contribution in [3.63, 3.8) is 0 Å². The van der Waals surface area contributed by atoms with Gasteiger partial charge in [0.2, 0.25) is 0 Å². The number of rotatable bonds is 2. The monoisotopic (exact) mass is 194 g/mol. The minimum atomic E-state index is -0.151. The Labute approximate surface area is 84.6 Å². The molecule has 0 aromatic heterocycles. The topological polar surface area (TPSA) is 40.5 Å². The van der Waals surface area contributed by atoms with E-state index in [1.165, 1.54) is 19.3 Å². The Balaban J connectivity index is 2.06. The van der Waals surface area contributed by atoms with E-state index in [0.29, 0.717) is 0 Å². The highest BCUT2D eigenvalue weighted by atomic mass is 16.3. The second kappa shape index (κ2) is 2.42. The molecule has 2 fully saturated rings. The predicted molar refractivity (Wildman–Crippen MR) is 53.7 cm³/mol. The van der Waals surface area contributed by atoms with Crippen LogP contribution in [0.1, 0.15) is 32.1 Å². The summed E-state index contributed by atoms with van der Waals surface area (Å²) in [5.74, 6) is 0. The van der Waals surface area contributed by atoms with Crippen molar-refractivity contribution < 1.29 is 10.2 Å². The molecule has 3 aliphatic rings. The Morgan fingerprint density at radius 1 is 0.929 bits per heavy atom. The van der Waals surface area contributed by atoms with Crippen LogP contribution in [0.15, 0.2) is 12.2 Å². The van der Waals surface area contributed by atoms with Crippen LogP contribution in [-0.2, 0) is 0 Å². The number of hydrogen-bond donors (Lipinski definition) is 2. The molecule has 0 unspecified atom stereocenters. The van der Waals surface area contributed by atoms with Gasteiger partial charge < -0.3 is 10.2 Å². The van der Waals surface area contributed by atoms with Gasteiger partial charge in [0, 0.05) is 5.41 Å². The van der Waals surface area contributed by atoms with Crippen molar-refractivity contribution in [3.8, 4) is 0 Å². The van der Waals surface area contributed by atoms with Crippen LogP contribution in [-0.4, -0.2) is 23.4 Å². The minimum absolute atomic E-state index is 0.151. The molecule has 0 amide bonds. The van der Waals surface area contributed by atoms with Gasteiger partial charge in [-0.15, -0.1) is 0 Å². The SMILES string of the molecule is OCC1(CO)[C@@]23CC=CC[C@@]12CCC3. The van der Waals surface area contributed by atoms with E-state index in [-0.39, 0.29) is 29.5 Å². The number of hydrogen-bond acceptors (Lipinski definition) is 2. The van der Waals surface area contributed by atoms with Gasteiger partial charge in [-0.2, -0.15) is 0 Å². The summed E-state index contributed by atoms with van der Waals surface area (Å²) in [6.07, 6.45) is 10.3. The first-order valence-electron chi connectivity index (χ1n) is 5.65. The highest BCUT2D eigenvalue weighted by Crippen LogP contribution is 2.88. The summed E-state index contributed by atoms with van der Waals surface area (Å²) >= 11 is 0. The first-order valence-corrected chi connectivity index (χ1v) is 5.65. The van der Waals surface area contributed by atoms with Crippen molar-refractivity contribution in [1.82, 2.24) is 0 Å². The maximum atomic E-state index is 9.60. The van der Waals surface area contributed by atoms with Crippen LogP contribution >= 0.6 is 0 Å². The Morgan fingerprint density at radius 3 is 1.86 bits per heavy atom. The summed E-state index contributed by atoms with van der Waals surface area (Å²) in [6.45, 7) is 0.344. The maximum Gasteiger partial charge on any atom is 0.0520 e. The van der Waals surface area contributed by atoms with Crippen LogP contribution in [0.5, 0.6) is 0 Å². The second-order valence-corrected chi connectivity index (χ2v) is 5.30. The lowest BCUT2D eigenvalue weighted by molar-refractivity contribution is 0.0740.